The van der Waals surface area contributed by atoms with Crippen LogP contribution in [0.1, 0.15) is 21.7 Å². The van der Waals surface area contributed by atoms with Crippen LogP contribution < -0.4 is 15.4 Å². The molecule has 0 aliphatic rings. The first kappa shape index (κ1) is 19.0. The normalized spacial score (nSPS) is 11.0. The molecule has 2 N–H and O–H groups in total. The molecule has 28 heavy (non-hydrogen) atoms. The molecular formula is C21H21N5O2. The van der Waals surface area contributed by atoms with Crippen molar-refractivity contribution in [2.75, 3.05) is 12.4 Å². The van der Waals surface area contributed by atoms with E-state index in [-0.39, 0.29) is 17.8 Å². The van der Waals surface area contributed by atoms with Gasteiger partial charge in [-0.15, -0.1) is 0 Å². The van der Waals surface area contributed by atoms with Crippen LogP contribution in [0.15, 0.2) is 65.7 Å². The monoisotopic (exact) mass is 375 g/mol. The second-order valence-corrected chi connectivity index (χ2v) is 6.06. The van der Waals surface area contributed by atoms with Crippen LogP contribution in [-0.4, -0.2) is 28.9 Å². The highest BCUT2D eigenvalue weighted by molar-refractivity contribution is 6.11. The number of ether oxygens (including phenoxy) is 1. The number of benzene rings is 2. The minimum Gasteiger partial charge on any atom is -0.496 e. The zero-order valence-electron chi connectivity index (χ0n) is 15.9. The van der Waals surface area contributed by atoms with Gasteiger partial charge in [-0.05, 0) is 44.2 Å². The Bertz CT molecular complexity index is 982. The minimum absolute atomic E-state index is 0.215. The Morgan fingerprint density at radius 1 is 0.964 bits per heavy atom. The third-order valence-electron chi connectivity index (χ3n) is 3.80. The van der Waals surface area contributed by atoms with E-state index in [0.29, 0.717) is 11.3 Å². The Balaban J connectivity index is 1.93. The summed E-state index contributed by atoms with van der Waals surface area (Å²) in [5.74, 6) is 0.592. The second-order valence-electron chi connectivity index (χ2n) is 6.06. The van der Waals surface area contributed by atoms with Gasteiger partial charge in [0.1, 0.15) is 5.75 Å². The first-order valence-electron chi connectivity index (χ1n) is 8.72. The van der Waals surface area contributed by atoms with Gasteiger partial charge in [-0.1, -0.05) is 30.3 Å². The molecule has 3 aromatic rings. The zero-order valence-corrected chi connectivity index (χ0v) is 15.9. The number of methoxy groups -OCH3 is 1. The quantitative estimate of drug-likeness (QED) is 0.537. The molecule has 2 aromatic carbocycles. The average Bonchev–Trinajstić information content (AvgIpc) is 2.67. The van der Waals surface area contributed by atoms with Gasteiger partial charge in [0.25, 0.3) is 11.9 Å². The Hall–Kier alpha value is -3.74. The molecule has 0 saturated carbocycles. The van der Waals surface area contributed by atoms with E-state index in [4.69, 9.17) is 4.74 Å². The van der Waals surface area contributed by atoms with Crippen molar-refractivity contribution in [3.8, 4) is 5.75 Å². The first-order valence-corrected chi connectivity index (χ1v) is 8.72. The average molecular weight is 375 g/mol. The summed E-state index contributed by atoms with van der Waals surface area (Å²) in [5.41, 5.74) is 2.75. The van der Waals surface area contributed by atoms with E-state index in [2.05, 4.69) is 25.6 Å². The number of para-hydroxylation sites is 2. The molecule has 0 atom stereocenters. The number of aryl methyl sites for hydroxylation is 2. The van der Waals surface area contributed by atoms with Crippen molar-refractivity contribution in [1.82, 2.24) is 15.3 Å². The molecule has 0 radical (unpaired) electrons. The first-order chi connectivity index (χ1) is 13.5. The largest absolute Gasteiger partial charge is 0.496 e. The van der Waals surface area contributed by atoms with Gasteiger partial charge in [-0.25, -0.2) is 9.97 Å². The molecule has 0 aliphatic heterocycles. The van der Waals surface area contributed by atoms with Crippen LogP contribution in [0, 0.1) is 13.8 Å². The molecule has 1 heterocycles. The summed E-state index contributed by atoms with van der Waals surface area (Å²) in [6.07, 6.45) is 0. The lowest BCUT2D eigenvalue weighted by Crippen LogP contribution is -2.36. The predicted octanol–water partition coefficient (Wildman–Crippen LogP) is 3.63. The Morgan fingerprint density at radius 2 is 1.61 bits per heavy atom. The van der Waals surface area contributed by atoms with Crippen LogP contribution in [0.5, 0.6) is 5.75 Å². The van der Waals surface area contributed by atoms with Crippen molar-refractivity contribution in [2.24, 2.45) is 4.99 Å². The second kappa shape index (κ2) is 8.77. The summed E-state index contributed by atoms with van der Waals surface area (Å²) in [7, 11) is 1.52. The molecule has 0 unspecified atom stereocenters. The molecule has 0 saturated heterocycles. The van der Waals surface area contributed by atoms with Gasteiger partial charge in [0.15, 0.2) is 0 Å². The predicted molar refractivity (Wildman–Crippen MR) is 109 cm³/mol. The number of hydrogen-bond acceptors (Lipinski definition) is 5. The molecule has 0 bridgehead atoms. The number of amides is 1. The fourth-order valence-electron chi connectivity index (χ4n) is 2.61. The van der Waals surface area contributed by atoms with Crippen molar-refractivity contribution in [3.63, 3.8) is 0 Å². The number of hydrogen-bond donors (Lipinski definition) is 2. The van der Waals surface area contributed by atoms with E-state index in [1.165, 1.54) is 7.11 Å². The summed E-state index contributed by atoms with van der Waals surface area (Å²) in [4.78, 5) is 25.8. The van der Waals surface area contributed by atoms with Crippen molar-refractivity contribution < 1.29 is 9.53 Å². The number of nitrogens with one attached hydrogen (secondary N) is 2. The van der Waals surface area contributed by atoms with Gasteiger partial charge in [0.2, 0.25) is 5.96 Å². The fourth-order valence-corrected chi connectivity index (χ4v) is 2.61. The van der Waals surface area contributed by atoms with Crippen molar-refractivity contribution in [2.45, 2.75) is 13.8 Å². The number of aliphatic imine (C=N–C) groups is 1. The number of carbonyl (C=O) groups is 1. The molecule has 0 fully saturated rings. The molecule has 142 valence electrons. The Morgan fingerprint density at radius 3 is 2.29 bits per heavy atom. The lowest BCUT2D eigenvalue weighted by Gasteiger charge is -2.13. The highest BCUT2D eigenvalue weighted by Gasteiger charge is 2.14. The maximum absolute atomic E-state index is 12.8. The number of aromatic nitrogens is 2. The topological polar surface area (TPSA) is 88.5 Å². The van der Waals surface area contributed by atoms with Crippen molar-refractivity contribution >= 4 is 23.5 Å². The Kier molecular flexibility index (Phi) is 5.96. The lowest BCUT2D eigenvalue weighted by molar-refractivity contribution is 0.0974. The number of nitrogens with zero attached hydrogens (tertiary/aromatic N) is 3. The third-order valence-corrected chi connectivity index (χ3v) is 3.80. The van der Waals surface area contributed by atoms with E-state index in [1.54, 1.807) is 24.3 Å². The lowest BCUT2D eigenvalue weighted by atomic mass is 10.2. The maximum Gasteiger partial charge on any atom is 0.261 e. The molecular weight excluding hydrogens is 354 g/mol. The van der Waals surface area contributed by atoms with Gasteiger partial charge in [-0.2, -0.15) is 4.99 Å². The summed E-state index contributed by atoms with van der Waals surface area (Å²) in [6.45, 7) is 3.73. The van der Waals surface area contributed by atoms with Crippen molar-refractivity contribution in [1.29, 1.82) is 0 Å². The molecule has 1 aromatic heterocycles. The summed E-state index contributed by atoms with van der Waals surface area (Å²) in [5, 5.41) is 5.89. The summed E-state index contributed by atoms with van der Waals surface area (Å²) < 4.78 is 5.27. The van der Waals surface area contributed by atoms with E-state index in [9.17, 15) is 4.79 Å². The van der Waals surface area contributed by atoms with E-state index >= 15 is 0 Å². The van der Waals surface area contributed by atoms with Crippen LogP contribution in [0.3, 0.4) is 0 Å². The van der Waals surface area contributed by atoms with E-state index in [0.717, 1.165) is 17.1 Å². The van der Waals surface area contributed by atoms with E-state index < -0.39 is 0 Å². The molecule has 0 spiro atoms. The van der Waals surface area contributed by atoms with Gasteiger partial charge in [0, 0.05) is 17.1 Å². The number of anilines is 1. The maximum atomic E-state index is 12.8. The van der Waals surface area contributed by atoms with Crippen LogP contribution in [0.2, 0.25) is 0 Å². The van der Waals surface area contributed by atoms with Gasteiger partial charge in [-0.3, -0.25) is 10.1 Å². The van der Waals surface area contributed by atoms with Gasteiger partial charge in [0.05, 0.1) is 12.7 Å². The van der Waals surface area contributed by atoms with Gasteiger partial charge >= 0.3 is 0 Å². The van der Waals surface area contributed by atoms with Crippen LogP contribution in [-0.2, 0) is 0 Å². The number of carbonyl (C=O) groups excluding carboxylic acids is 1. The molecule has 7 heteroatoms. The fraction of sp³-hybridized carbons (Fsp3) is 0.143. The van der Waals surface area contributed by atoms with E-state index in [1.807, 2.05) is 50.2 Å². The number of rotatable bonds is 4. The zero-order chi connectivity index (χ0) is 19.9. The number of guanidine groups is 1. The molecule has 7 nitrogen and oxygen atoms in total. The SMILES string of the molecule is COc1ccccc1C(=O)N/C(=N\c1nc(C)cc(C)n1)Nc1ccccc1. The third kappa shape index (κ3) is 4.91. The smallest absolute Gasteiger partial charge is 0.261 e. The standard InChI is InChI=1S/C21H21N5O2/c1-14-13-15(2)23-20(22-14)26-21(24-16-9-5-4-6-10-16)25-19(27)17-11-7-8-12-18(17)28-3/h4-13H,1-3H3,(H2,22,23,24,25,26,27). The highest BCUT2D eigenvalue weighted by atomic mass is 16.5. The minimum atomic E-state index is -0.357. The molecule has 1 amide bonds. The summed E-state index contributed by atoms with van der Waals surface area (Å²) in [6, 6.07) is 18.2. The highest BCUT2D eigenvalue weighted by Crippen LogP contribution is 2.17. The Labute approximate surface area is 163 Å². The summed E-state index contributed by atoms with van der Waals surface area (Å²) >= 11 is 0. The van der Waals surface area contributed by atoms with Crippen LogP contribution in [0.4, 0.5) is 11.6 Å². The molecule has 3 rings (SSSR count). The van der Waals surface area contributed by atoms with Crippen molar-refractivity contribution in [3.05, 3.63) is 77.6 Å². The van der Waals surface area contributed by atoms with Crippen LogP contribution >= 0.6 is 0 Å². The van der Waals surface area contributed by atoms with Crippen LogP contribution in [0.25, 0.3) is 0 Å². The van der Waals surface area contributed by atoms with Gasteiger partial charge < -0.3 is 10.1 Å². The molecule has 0 aliphatic carbocycles.